The van der Waals surface area contributed by atoms with E-state index < -0.39 is 0 Å². The molecular formula is C6H5ClINO. The van der Waals surface area contributed by atoms with Crippen LogP contribution in [0.15, 0.2) is 12.1 Å². The van der Waals surface area contributed by atoms with E-state index in [1.807, 2.05) is 22.6 Å². The van der Waals surface area contributed by atoms with Crippen molar-refractivity contribution in [1.82, 2.24) is 4.98 Å². The van der Waals surface area contributed by atoms with Gasteiger partial charge in [-0.05, 0) is 40.3 Å². The van der Waals surface area contributed by atoms with Crippen molar-refractivity contribution in [2.75, 3.05) is 0 Å². The summed E-state index contributed by atoms with van der Waals surface area (Å²) in [4.78, 5) is 3.92. The minimum Gasteiger partial charge on any atom is -0.392 e. The number of hydrogen-bond donors (Lipinski definition) is 1. The Kier molecular flexibility index (Phi) is 2.88. The first-order valence-corrected chi connectivity index (χ1v) is 4.11. The number of aliphatic hydroxyl groups excluding tert-OH is 1. The number of halogens is 2. The van der Waals surface area contributed by atoms with Crippen molar-refractivity contribution in [3.63, 3.8) is 0 Å². The summed E-state index contributed by atoms with van der Waals surface area (Å²) in [6, 6.07) is 3.43. The molecule has 0 spiro atoms. The summed E-state index contributed by atoms with van der Waals surface area (Å²) < 4.78 is 0.800. The summed E-state index contributed by atoms with van der Waals surface area (Å²) in [5, 5.41) is 9.12. The van der Waals surface area contributed by atoms with Crippen molar-refractivity contribution in [1.29, 1.82) is 0 Å². The highest BCUT2D eigenvalue weighted by molar-refractivity contribution is 14.1. The molecule has 1 aromatic heterocycles. The summed E-state index contributed by atoms with van der Waals surface area (Å²) in [6.07, 6.45) is 0. The van der Waals surface area contributed by atoms with Crippen LogP contribution in [0.2, 0.25) is 5.15 Å². The van der Waals surface area contributed by atoms with Gasteiger partial charge in [0, 0.05) is 0 Å². The molecule has 0 aliphatic heterocycles. The molecule has 0 aliphatic carbocycles. The van der Waals surface area contributed by atoms with Crippen LogP contribution in [0.5, 0.6) is 0 Å². The molecule has 2 nitrogen and oxygen atoms in total. The molecule has 0 unspecified atom stereocenters. The highest BCUT2D eigenvalue weighted by atomic mass is 127. The van der Waals surface area contributed by atoms with E-state index in [1.165, 1.54) is 0 Å². The first-order valence-electron chi connectivity index (χ1n) is 2.65. The van der Waals surface area contributed by atoms with Crippen LogP contribution in [0, 0.1) is 3.70 Å². The second kappa shape index (κ2) is 3.50. The van der Waals surface area contributed by atoms with E-state index in [9.17, 15) is 0 Å². The molecule has 1 rings (SSSR count). The molecule has 54 valence electrons. The largest absolute Gasteiger partial charge is 0.392 e. The molecule has 0 amide bonds. The lowest BCUT2D eigenvalue weighted by molar-refractivity contribution is 0.281. The quantitative estimate of drug-likeness (QED) is 0.623. The molecule has 0 fully saturated rings. The summed E-state index contributed by atoms with van der Waals surface area (Å²) in [5.74, 6) is 0. The van der Waals surface area contributed by atoms with Gasteiger partial charge in [-0.25, -0.2) is 4.98 Å². The second-order valence-electron chi connectivity index (χ2n) is 1.78. The van der Waals surface area contributed by atoms with Gasteiger partial charge in [0.1, 0.15) is 8.85 Å². The van der Waals surface area contributed by atoms with Crippen molar-refractivity contribution in [3.8, 4) is 0 Å². The van der Waals surface area contributed by atoms with Crippen LogP contribution in [0.25, 0.3) is 0 Å². The zero-order chi connectivity index (χ0) is 7.56. The van der Waals surface area contributed by atoms with Crippen LogP contribution >= 0.6 is 34.2 Å². The fourth-order valence-corrected chi connectivity index (χ4v) is 1.64. The molecule has 0 radical (unpaired) electrons. The lowest BCUT2D eigenvalue weighted by atomic mass is 10.3. The van der Waals surface area contributed by atoms with Gasteiger partial charge in [-0.2, -0.15) is 0 Å². The van der Waals surface area contributed by atoms with E-state index >= 15 is 0 Å². The fourth-order valence-electron chi connectivity index (χ4n) is 0.606. The van der Waals surface area contributed by atoms with Gasteiger partial charge in [-0.3, -0.25) is 0 Å². The number of hydrogen-bond acceptors (Lipinski definition) is 2. The Bertz CT molecular complexity index is 221. The lowest BCUT2D eigenvalue weighted by Gasteiger charge is -1.96. The highest BCUT2D eigenvalue weighted by Crippen LogP contribution is 2.11. The zero-order valence-electron chi connectivity index (χ0n) is 5.01. The van der Waals surface area contributed by atoms with Crippen molar-refractivity contribution < 1.29 is 5.11 Å². The monoisotopic (exact) mass is 269 g/mol. The summed E-state index contributed by atoms with van der Waals surface area (Å²) in [6.45, 7) is 0.0121. The molecule has 0 bridgehead atoms. The van der Waals surface area contributed by atoms with E-state index in [1.54, 1.807) is 12.1 Å². The Labute approximate surface area is 77.4 Å². The maximum Gasteiger partial charge on any atom is 0.130 e. The van der Waals surface area contributed by atoms with Crippen molar-refractivity contribution in [3.05, 3.63) is 26.5 Å². The van der Waals surface area contributed by atoms with Gasteiger partial charge in [0.05, 0.1) is 6.61 Å². The second-order valence-corrected chi connectivity index (χ2v) is 3.27. The molecule has 0 saturated carbocycles. The zero-order valence-corrected chi connectivity index (χ0v) is 7.93. The molecule has 1 aromatic rings. The van der Waals surface area contributed by atoms with Gasteiger partial charge in [0.15, 0.2) is 0 Å². The van der Waals surface area contributed by atoms with Gasteiger partial charge in [-0.15, -0.1) is 0 Å². The lowest BCUT2D eigenvalue weighted by Crippen LogP contribution is -1.87. The summed E-state index contributed by atoms with van der Waals surface area (Å²) in [5.41, 5.74) is 0.796. The van der Waals surface area contributed by atoms with Crippen LogP contribution < -0.4 is 0 Å². The Morgan fingerprint density at radius 1 is 1.60 bits per heavy atom. The number of aromatic nitrogens is 1. The first-order chi connectivity index (χ1) is 4.72. The topological polar surface area (TPSA) is 33.1 Å². The van der Waals surface area contributed by atoms with Crippen LogP contribution in [0.1, 0.15) is 5.56 Å². The van der Waals surface area contributed by atoms with E-state index in [-0.39, 0.29) is 6.61 Å². The minimum atomic E-state index is 0.0121. The van der Waals surface area contributed by atoms with E-state index in [4.69, 9.17) is 16.7 Å². The van der Waals surface area contributed by atoms with Crippen LogP contribution in [-0.2, 0) is 6.61 Å². The van der Waals surface area contributed by atoms with Crippen molar-refractivity contribution >= 4 is 34.2 Å². The summed E-state index contributed by atoms with van der Waals surface area (Å²) >= 11 is 7.65. The minimum absolute atomic E-state index is 0.0121. The molecule has 1 heterocycles. The van der Waals surface area contributed by atoms with Crippen LogP contribution in [-0.4, -0.2) is 10.1 Å². The van der Waals surface area contributed by atoms with E-state index in [0.29, 0.717) is 5.15 Å². The number of pyridine rings is 1. The molecular weight excluding hydrogens is 264 g/mol. The van der Waals surface area contributed by atoms with E-state index in [2.05, 4.69) is 4.98 Å². The Balaban J connectivity index is 3.06. The molecule has 10 heavy (non-hydrogen) atoms. The standard InChI is InChI=1S/C6H5ClINO/c7-5-1-4(3-10)2-6(8)9-5/h1-2,10H,3H2. The summed E-state index contributed by atoms with van der Waals surface area (Å²) in [7, 11) is 0. The Morgan fingerprint density at radius 3 is 2.80 bits per heavy atom. The Morgan fingerprint density at radius 2 is 2.30 bits per heavy atom. The molecule has 0 aliphatic rings. The molecule has 4 heteroatoms. The van der Waals surface area contributed by atoms with Gasteiger partial charge in [0.2, 0.25) is 0 Å². The number of nitrogens with zero attached hydrogens (tertiary/aromatic N) is 1. The smallest absolute Gasteiger partial charge is 0.130 e. The van der Waals surface area contributed by atoms with Gasteiger partial charge in [-0.1, -0.05) is 11.6 Å². The Hall–Kier alpha value is 0.130. The maximum atomic E-state index is 8.70. The average Bonchev–Trinajstić information content (AvgIpc) is 1.85. The molecule has 0 aromatic carbocycles. The molecule has 1 N–H and O–H groups in total. The maximum absolute atomic E-state index is 8.70. The first kappa shape index (κ1) is 8.23. The molecule has 0 atom stereocenters. The predicted molar refractivity (Wildman–Crippen MR) is 47.9 cm³/mol. The third kappa shape index (κ3) is 2.07. The fraction of sp³-hybridized carbons (Fsp3) is 0.167. The van der Waals surface area contributed by atoms with Gasteiger partial charge < -0.3 is 5.11 Å². The van der Waals surface area contributed by atoms with Gasteiger partial charge in [0.25, 0.3) is 0 Å². The third-order valence-corrected chi connectivity index (χ3v) is 1.75. The molecule has 0 saturated heterocycles. The third-order valence-electron chi connectivity index (χ3n) is 1.01. The van der Waals surface area contributed by atoms with Crippen LogP contribution in [0.4, 0.5) is 0 Å². The number of rotatable bonds is 1. The van der Waals surface area contributed by atoms with Crippen LogP contribution in [0.3, 0.4) is 0 Å². The normalized spacial score (nSPS) is 9.90. The van der Waals surface area contributed by atoms with Crippen molar-refractivity contribution in [2.45, 2.75) is 6.61 Å². The number of aliphatic hydroxyl groups is 1. The average molecular weight is 269 g/mol. The predicted octanol–water partition coefficient (Wildman–Crippen LogP) is 1.83. The van der Waals surface area contributed by atoms with Gasteiger partial charge >= 0.3 is 0 Å². The van der Waals surface area contributed by atoms with E-state index in [0.717, 1.165) is 9.26 Å². The SMILES string of the molecule is OCc1cc(Cl)nc(I)c1. The van der Waals surface area contributed by atoms with Crippen molar-refractivity contribution in [2.24, 2.45) is 0 Å². The highest BCUT2D eigenvalue weighted by Gasteiger charge is 1.96.